The van der Waals surface area contributed by atoms with Gasteiger partial charge in [-0.2, -0.15) is 0 Å². The quantitative estimate of drug-likeness (QED) is 0.844. The summed E-state index contributed by atoms with van der Waals surface area (Å²) < 4.78 is 5.80. The minimum atomic E-state index is -0.470. The van der Waals surface area contributed by atoms with E-state index >= 15 is 0 Å². The first-order valence-corrected chi connectivity index (χ1v) is 7.34. The van der Waals surface area contributed by atoms with Crippen LogP contribution in [0.15, 0.2) is 48.5 Å². The third kappa shape index (κ3) is 3.82. The second kappa shape index (κ2) is 6.73. The molecule has 0 amide bonds. The van der Waals surface area contributed by atoms with Gasteiger partial charge in [0.15, 0.2) is 0 Å². The van der Waals surface area contributed by atoms with Gasteiger partial charge in [0.2, 0.25) is 0 Å². The molecule has 3 heteroatoms. The van der Waals surface area contributed by atoms with E-state index in [1.165, 1.54) is 0 Å². The Hall–Kier alpha value is -1.32. The van der Waals surface area contributed by atoms with Gasteiger partial charge in [-0.15, -0.1) is 0 Å². The van der Waals surface area contributed by atoms with Gasteiger partial charge in [0.05, 0.1) is 6.10 Å². The molecule has 0 aliphatic heterocycles. The molecular weight excluding hydrogens is 304 g/mol. The van der Waals surface area contributed by atoms with Crippen LogP contribution in [-0.2, 0) is 6.61 Å². The smallest absolute Gasteiger partial charge is 0.122 e. The molecule has 1 atom stereocenters. The van der Waals surface area contributed by atoms with Crippen molar-refractivity contribution in [2.45, 2.75) is 19.6 Å². The van der Waals surface area contributed by atoms with Crippen molar-refractivity contribution in [3.63, 3.8) is 0 Å². The van der Waals surface area contributed by atoms with E-state index in [0.717, 1.165) is 22.4 Å². The standard InChI is InChI=1S/C16H17BrO2/c1-12-9-14(15(18)10-17)7-8-16(12)19-11-13-5-3-2-4-6-13/h2-9,15,18H,10-11H2,1H3. The predicted octanol–water partition coefficient (Wildman–Crippen LogP) is 4.00. The van der Waals surface area contributed by atoms with Crippen molar-refractivity contribution >= 4 is 15.9 Å². The second-order valence-electron chi connectivity index (χ2n) is 4.47. The molecule has 0 saturated carbocycles. The first-order valence-electron chi connectivity index (χ1n) is 6.22. The van der Waals surface area contributed by atoms with Crippen molar-refractivity contribution in [3.05, 3.63) is 65.2 Å². The van der Waals surface area contributed by atoms with Crippen molar-refractivity contribution in [1.29, 1.82) is 0 Å². The molecular formula is C16H17BrO2. The third-order valence-corrected chi connectivity index (χ3v) is 3.58. The van der Waals surface area contributed by atoms with Crippen LogP contribution in [0.4, 0.5) is 0 Å². The number of aliphatic hydroxyl groups excluding tert-OH is 1. The Labute approximate surface area is 122 Å². The van der Waals surface area contributed by atoms with Gasteiger partial charge in [0.25, 0.3) is 0 Å². The monoisotopic (exact) mass is 320 g/mol. The fourth-order valence-corrected chi connectivity index (χ4v) is 2.24. The summed E-state index contributed by atoms with van der Waals surface area (Å²) in [7, 11) is 0. The first kappa shape index (κ1) is 14.1. The molecule has 2 nitrogen and oxygen atoms in total. The minimum absolute atomic E-state index is 0.470. The Morgan fingerprint density at radius 3 is 2.53 bits per heavy atom. The number of hydrogen-bond donors (Lipinski definition) is 1. The summed E-state index contributed by atoms with van der Waals surface area (Å²) in [6, 6.07) is 15.9. The minimum Gasteiger partial charge on any atom is -0.489 e. The zero-order valence-corrected chi connectivity index (χ0v) is 12.4. The van der Waals surface area contributed by atoms with E-state index in [9.17, 15) is 5.11 Å². The summed E-state index contributed by atoms with van der Waals surface area (Å²) in [5, 5.41) is 10.3. The highest BCUT2D eigenvalue weighted by molar-refractivity contribution is 9.09. The fraction of sp³-hybridized carbons (Fsp3) is 0.250. The van der Waals surface area contributed by atoms with Gasteiger partial charge >= 0.3 is 0 Å². The molecule has 0 bridgehead atoms. The molecule has 0 heterocycles. The maximum Gasteiger partial charge on any atom is 0.122 e. The van der Waals surface area contributed by atoms with Crippen LogP contribution in [0.1, 0.15) is 22.8 Å². The molecule has 0 aromatic heterocycles. The summed E-state index contributed by atoms with van der Waals surface area (Å²) in [5.41, 5.74) is 3.08. The Balaban J connectivity index is 2.05. The van der Waals surface area contributed by atoms with Gasteiger partial charge in [-0.25, -0.2) is 0 Å². The first-order chi connectivity index (χ1) is 9.20. The summed E-state index contributed by atoms with van der Waals surface area (Å²) in [4.78, 5) is 0. The number of benzene rings is 2. The Bertz CT molecular complexity index is 526. The molecule has 0 aliphatic carbocycles. The zero-order valence-electron chi connectivity index (χ0n) is 10.8. The van der Waals surface area contributed by atoms with Gasteiger partial charge < -0.3 is 9.84 Å². The lowest BCUT2D eigenvalue weighted by Gasteiger charge is -2.13. The molecule has 100 valence electrons. The van der Waals surface area contributed by atoms with Crippen molar-refractivity contribution in [2.24, 2.45) is 0 Å². The highest BCUT2D eigenvalue weighted by atomic mass is 79.9. The highest BCUT2D eigenvalue weighted by Gasteiger charge is 2.08. The number of ether oxygens (including phenoxy) is 1. The van der Waals surface area contributed by atoms with Crippen LogP contribution in [0.2, 0.25) is 0 Å². The molecule has 0 radical (unpaired) electrons. The van der Waals surface area contributed by atoms with E-state index in [1.54, 1.807) is 0 Å². The largest absolute Gasteiger partial charge is 0.489 e. The number of aryl methyl sites for hydroxylation is 1. The van der Waals surface area contributed by atoms with Crippen LogP contribution in [0.3, 0.4) is 0 Å². The molecule has 0 saturated heterocycles. The van der Waals surface area contributed by atoms with E-state index in [-0.39, 0.29) is 0 Å². The summed E-state index contributed by atoms with van der Waals surface area (Å²) in [6.45, 7) is 2.55. The lowest BCUT2D eigenvalue weighted by atomic mass is 10.1. The van der Waals surface area contributed by atoms with Gasteiger partial charge in [0.1, 0.15) is 12.4 Å². The average molecular weight is 321 g/mol. The topological polar surface area (TPSA) is 29.5 Å². The lowest BCUT2D eigenvalue weighted by Crippen LogP contribution is -2.01. The van der Waals surface area contributed by atoms with Crippen LogP contribution < -0.4 is 4.74 Å². The summed E-state index contributed by atoms with van der Waals surface area (Å²) >= 11 is 3.27. The maximum absolute atomic E-state index is 9.76. The highest BCUT2D eigenvalue weighted by Crippen LogP contribution is 2.24. The molecule has 1 unspecified atom stereocenters. The van der Waals surface area contributed by atoms with Crippen LogP contribution >= 0.6 is 15.9 Å². The number of aliphatic hydroxyl groups is 1. The van der Waals surface area contributed by atoms with Crippen molar-refractivity contribution in [2.75, 3.05) is 5.33 Å². The molecule has 2 aromatic carbocycles. The van der Waals surface area contributed by atoms with E-state index in [1.807, 2.05) is 55.5 Å². The Morgan fingerprint density at radius 2 is 1.89 bits per heavy atom. The van der Waals surface area contributed by atoms with Gasteiger partial charge in [-0.1, -0.05) is 52.3 Å². The molecule has 2 rings (SSSR count). The van der Waals surface area contributed by atoms with Gasteiger partial charge in [0, 0.05) is 5.33 Å². The number of alkyl halides is 1. The molecule has 2 aromatic rings. The molecule has 0 spiro atoms. The normalized spacial score (nSPS) is 12.2. The maximum atomic E-state index is 9.76. The number of halogens is 1. The van der Waals surface area contributed by atoms with Gasteiger partial charge in [-0.3, -0.25) is 0 Å². The Morgan fingerprint density at radius 1 is 1.16 bits per heavy atom. The van der Waals surface area contributed by atoms with Crippen LogP contribution in [0, 0.1) is 6.92 Å². The fourth-order valence-electron chi connectivity index (χ4n) is 1.87. The number of hydrogen-bond acceptors (Lipinski definition) is 2. The van der Waals surface area contributed by atoms with Gasteiger partial charge in [-0.05, 0) is 35.7 Å². The van der Waals surface area contributed by atoms with E-state index in [0.29, 0.717) is 11.9 Å². The average Bonchev–Trinajstić information content (AvgIpc) is 2.46. The van der Waals surface area contributed by atoms with Crippen LogP contribution in [-0.4, -0.2) is 10.4 Å². The zero-order chi connectivity index (χ0) is 13.7. The van der Waals surface area contributed by atoms with Crippen LogP contribution in [0.25, 0.3) is 0 Å². The molecule has 0 fully saturated rings. The number of rotatable bonds is 5. The second-order valence-corrected chi connectivity index (χ2v) is 5.12. The third-order valence-electron chi connectivity index (χ3n) is 2.97. The van der Waals surface area contributed by atoms with Crippen molar-refractivity contribution in [3.8, 4) is 5.75 Å². The Kier molecular flexibility index (Phi) is 5.00. The molecule has 19 heavy (non-hydrogen) atoms. The van der Waals surface area contributed by atoms with E-state index in [2.05, 4.69) is 15.9 Å². The predicted molar refractivity (Wildman–Crippen MR) is 80.7 cm³/mol. The molecule has 0 aliphatic rings. The van der Waals surface area contributed by atoms with E-state index < -0.39 is 6.10 Å². The lowest BCUT2D eigenvalue weighted by molar-refractivity contribution is 0.205. The van der Waals surface area contributed by atoms with Crippen LogP contribution in [0.5, 0.6) is 5.75 Å². The summed E-state index contributed by atoms with van der Waals surface area (Å²) in [6.07, 6.45) is -0.470. The SMILES string of the molecule is Cc1cc(C(O)CBr)ccc1OCc1ccccc1. The van der Waals surface area contributed by atoms with E-state index in [4.69, 9.17) is 4.74 Å². The van der Waals surface area contributed by atoms with Crippen molar-refractivity contribution in [1.82, 2.24) is 0 Å². The molecule has 1 N–H and O–H groups in total. The summed E-state index contributed by atoms with van der Waals surface area (Å²) in [5.74, 6) is 0.856. The van der Waals surface area contributed by atoms with Crippen molar-refractivity contribution < 1.29 is 9.84 Å².